The maximum Gasteiger partial charge on any atom is 0.255 e. The molecule has 2 aromatic rings. The summed E-state index contributed by atoms with van der Waals surface area (Å²) >= 11 is 0. The number of aromatic amines is 1. The Morgan fingerprint density at radius 1 is 1.33 bits per heavy atom. The molecule has 0 aliphatic heterocycles. The van der Waals surface area contributed by atoms with Gasteiger partial charge in [-0.05, 0) is 37.6 Å². The first-order valence-electron chi connectivity index (χ1n) is 5.72. The summed E-state index contributed by atoms with van der Waals surface area (Å²) in [5, 5.41) is 2.94. The Morgan fingerprint density at radius 2 is 2.00 bits per heavy atom. The van der Waals surface area contributed by atoms with Crippen molar-refractivity contribution in [1.82, 2.24) is 9.97 Å². The number of hydrogen-bond acceptors (Lipinski definition) is 3. The predicted molar refractivity (Wildman–Crippen MR) is 68.7 cm³/mol. The Labute approximate surface area is 104 Å². The summed E-state index contributed by atoms with van der Waals surface area (Å²) in [5.41, 5.74) is 1.89. The van der Waals surface area contributed by atoms with Gasteiger partial charge in [0.2, 0.25) is 5.95 Å². The zero-order valence-electron chi connectivity index (χ0n) is 10.2. The lowest BCUT2D eigenvalue weighted by molar-refractivity contribution is 0.628. The van der Waals surface area contributed by atoms with Crippen LogP contribution >= 0.6 is 0 Å². The first-order chi connectivity index (χ1) is 8.60. The van der Waals surface area contributed by atoms with E-state index in [1.165, 1.54) is 12.1 Å². The average Bonchev–Trinajstić information content (AvgIpc) is 2.36. The third-order valence-electron chi connectivity index (χ3n) is 2.69. The molecule has 0 saturated carbocycles. The van der Waals surface area contributed by atoms with Gasteiger partial charge in [-0.2, -0.15) is 0 Å². The van der Waals surface area contributed by atoms with Crippen LogP contribution in [-0.2, 0) is 6.42 Å². The second kappa shape index (κ2) is 5.00. The first-order valence-corrected chi connectivity index (χ1v) is 5.72. The third kappa shape index (κ3) is 2.56. The molecular formula is C13H14FN3O. The summed E-state index contributed by atoms with van der Waals surface area (Å²) < 4.78 is 12.8. The minimum absolute atomic E-state index is 0.161. The Morgan fingerprint density at radius 3 is 2.61 bits per heavy atom. The molecule has 0 amide bonds. The van der Waals surface area contributed by atoms with E-state index in [0.29, 0.717) is 23.6 Å². The molecule has 0 bridgehead atoms. The van der Waals surface area contributed by atoms with Crippen molar-refractivity contribution < 1.29 is 4.39 Å². The van der Waals surface area contributed by atoms with Crippen LogP contribution in [0.2, 0.25) is 0 Å². The van der Waals surface area contributed by atoms with Gasteiger partial charge in [-0.3, -0.25) is 9.78 Å². The van der Waals surface area contributed by atoms with Gasteiger partial charge in [0.1, 0.15) is 5.82 Å². The van der Waals surface area contributed by atoms with Gasteiger partial charge in [-0.1, -0.05) is 6.92 Å². The Kier molecular flexibility index (Phi) is 3.41. The minimum Gasteiger partial charge on any atom is -0.326 e. The summed E-state index contributed by atoms with van der Waals surface area (Å²) in [6.45, 7) is 3.68. The fourth-order valence-electron chi connectivity index (χ4n) is 1.65. The van der Waals surface area contributed by atoms with Crippen molar-refractivity contribution in [2.75, 3.05) is 5.32 Å². The molecule has 0 fully saturated rings. The Balaban J connectivity index is 2.32. The molecular weight excluding hydrogens is 233 g/mol. The quantitative estimate of drug-likeness (QED) is 0.876. The summed E-state index contributed by atoms with van der Waals surface area (Å²) in [6, 6.07) is 5.85. The molecule has 4 nitrogen and oxygen atoms in total. The number of benzene rings is 1. The van der Waals surface area contributed by atoms with Crippen LogP contribution in [0.15, 0.2) is 29.1 Å². The molecule has 2 N–H and O–H groups in total. The SMILES string of the molecule is CCc1nc(Nc2ccc(F)cc2)[nH]c(=O)c1C. The van der Waals surface area contributed by atoms with Crippen LogP contribution in [-0.4, -0.2) is 9.97 Å². The lowest BCUT2D eigenvalue weighted by Crippen LogP contribution is -2.16. The van der Waals surface area contributed by atoms with Gasteiger partial charge < -0.3 is 5.32 Å². The molecule has 1 aromatic carbocycles. The van der Waals surface area contributed by atoms with Crippen molar-refractivity contribution in [3.8, 4) is 0 Å². The summed E-state index contributed by atoms with van der Waals surface area (Å²) in [7, 11) is 0. The fraction of sp³-hybridized carbons (Fsp3) is 0.231. The van der Waals surface area contributed by atoms with E-state index >= 15 is 0 Å². The highest BCUT2D eigenvalue weighted by Crippen LogP contribution is 2.13. The number of rotatable bonds is 3. The molecule has 0 aliphatic carbocycles. The molecule has 0 atom stereocenters. The highest BCUT2D eigenvalue weighted by molar-refractivity contribution is 5.52. The van der Waals surface area contributed by atoms with Crippen LogP contribution in [0.4, 0.5) is 16.0 Å². The standard InChI is InChI=1S/C13H14FN3O/c1-3-11-8(2)12(18)17-13(16-11)15-10-6-4-9(14)5-7-10/h4-7H,3H2,1-2H3,(H2,15,16,17,18). The van der Waals surface area contributed by atoms with Gasteiger partial charge in [-0.15, -0.1) is 0 Å². The first kappa shape index (κ1) is 12.3. The van der Waals surface area contributed by atoms with Crippen LogP contribution in [0, 0.1) is 12.7 Å². The number of H-pyrrole nitrogens is 1. The number of hydrogen-bond donors (Lipinski definition) is 2. The molecule has 1 heterocycles. The van der Waals surface area contributed by atoms with E-state index in [1.54, 1.807) is 19.1 Å². The van der Waals surface area contributed by atoms with Gasteiger partial charge in [0, 0.05) is 11.3 Å². The van der Waals surface area contributed by atoms with E-state index in [9.17, 15) is 9.18 Å². The molecule has 18 heavy (non-hydrogen) atoms. The van der Waals surface area contributed by atoms with E-state index in [-0.39, 0.29) is 11.4 Å². The number of nitrogens with zero attached hydrogens (tertiary/aromatic N) is 1. The van der Waals surface area contributed by atoms with Crippen molar-refractivity contribution in [2.45, 2.75) is 20.3 Å². The summed E-state index contributed by atoms with van der Waals surface area (Å²) in [6.07, 6.45) is 0.688. The highest BCUT2D eigenvalue weighted by atomic mass is 19.1. The molecule has 0 unspecified atom stereocenters. The van der Waals surface area contributed by atoms with Crippen LogP contribution in [0.3, 0.4) is 0 Å². The average molecular weight is 247 g/mol. The van der Waals surface area contributed by atoms with Crippen molar-refractivity contribution in [2.24, 2.45) is 0 Å². The lowest BCUT2D eigenvalue weighted by Gasteiger charge is -2.08. The van der Waals surface area contributed by atoms with Gasteiger partial charge >= 0.3 is 0 Å². The number of aromatic nitrogens is 2. The maximum atomic E-state index is 12.8. The number of halogens is 1. The third-order valence-corrected chi connectivity index (χ3v) is 2.69. The Bertz CT molecular complexity index is 605. The van der Waals surface area contributed by atoms with E-state index in [1.807, 2.05) is 6.92 Å². The molecule has 0 spiro atoms. The van der Waals surface area contributed by atoms with Crippen molar-refractivity contribution >= 4 is 11.6 Å². The van der Waals surface area contributed by atoms with E-state index in [4.69, 9.17) is 0 Å². The van der Waals surface area contributed by atoms with E-state index in [0.717, 1.165) is 5.69 Å². The summed E-state index contributed by atoms with van der Waals surface area (Å²) in [5.74, 6) is 0.0641. The lowest BCUT2D eigenvalue weighted by atomic mass is 10.2. The number of nitrogens with one attached hydrogen (secondary N) is 2. The van der Waals surface area contributed by atoms with Crippen LogP contribution in [0.5, 0.6) is 0 Å². The summed E-state index contributed by atoms with van der Waals surface area (Å²) in [4.78, 5) is 18.6. The monoisotopic (exact) mass is 247 g/mol. The second-order valence-electron chi connectivity index (χ2n) is 3.97. The number of aryl methyl sites for hydroxylation is 1. The van der Waals surface area contributed by atoms with E-state index < -0.39 is 0 Å². The van der Waals surface area contributed by atoms with Gasteiger partial charge in [0.05, 0.1) is 5.69 Å². The van der Waals surface area contributed by atoms with Gasteiger partial charge in [0.15, 0.2) is 0 Å². The molecule has 5 heteroatoms. The van der Waals surface area contributed by atoms with Crippen molar-refractivity contribution in [3.63, 3.8) is 0 Å². The molecule has 0 saturated heterocycles. The second-order valence-corrected chi connectivity index (χ2v) is 3.97. The molecule has 1 aromatic heterocycles. The number of anilines is 2. The van der Waals surface area contributed by atoms with Gasteiger partial charge in [-0.25, -0.2) is 9.37 Å². The predicted octanol–water partition coefficient (Wildman–Crippen LogP) is 2.52. The normalized spacial score (nSPS) is 10.4. The van der Waals surface area contributed by atoms with Gasteiger partial charge in [0.25, 0.3) is 5.56 Å². The molecule has 0 radical (unpaired) electrons. The van der Waals surface area contributed by atoms with Crippen LogP contribution in [0.1, 0.15) is 18.2 Å². The van der Waals surface area contributed by atoms with Crippen LogP contribution in [0.25, 0.3) is 0 Å². The molecule has 2 rings (SSSR count). The maximum absolute atomic E-state index is 12.8. The highest BCUT2D eigenvalue weighted by Gasteiger charge is 2.05. The largest absolute Gasteiger partial charge is 0.326 e. The minimum atomic E-state index is -0.305. The van der Waals surface area contributed by atoms with Crippen molar-refractivity contribution in [1.29, 1.82) is 0 Å². The van der Waals surface area contributed by atoms with E-state index in [2.05, 4.69) is 15.3 Å². The zero-order chi connectivity index (χ0) is 13.1. The molecule has 0 aliphatic rings. The topological polar surface area (TPSA) is 57.8 Å². The zero-order valence-corrected chi connectivity index (χ0v) is 10.2. The van der Waals surface area contributed by atoms with Crippen molar-refractivity contribution in [3.05, 3.63) is 51.7 Å². The smallest absolute Gasteiger partial charge is 0.255 e. The Hall–Kier alpha value is -2.17. The fourth-order valence-corrected chi connectivity index (χ4v) is 1.65. The molecule has 94 valence electrons. The van der Waals surface area contributed by atoms with Crippen LogP contribution < -0.4 is 10.9 Å².